The second kappa shape index (κ2) is 4.39. The molecule has 0 amide bonds. The van der Waals surface area contributed by atoms with Gasteiger partial charge in [0.15, 0.2) is 0 Å². The number of hydrogen-bond acceptors (Lipinski definition) is 1. The van der Waals surface area contributed by atoms with Gasteiger partial charge in [0.25, 0.3) is 0 Å². The Labute approximate surface area is 90.4 Å². The number of H-pyrrole nitrogens is 1. The van der Waals surface area contributed by atoms with E-state index in [1.807, 2.05) is 6.08 Å². The first-order chi connectivity index (χ1) is 7.36. The third-order valence-corrected chi connectivity index (χ3v) is 2.91. The molecule has 2 nitrogen and oxygen atoms in total. The summed E-state index contributed by atoms with van der Waals surface area (Å²) in [5.74, 6) is 1.20. The van der Waals surface area contributed by atoms with Gasteiger partial charge in [-0.3, -0.25) is 0 Å². The largest absolute Gasteiger partial charge is 0.371 e. The van der Waals surface area contributed by atoms with Gasteiger partial charge in [-0.2, -0.15) is 0 Å². The van der Waals surface area contributed by atoms with Gasteiger partial charge in [-0.15, -0.1) is 0 Å². The van der Waals surface area contributed by atoms with Crippen molar-refractivity contribution in [1.82, 2.24) is 4.98 Å². The number of nitrogens with one attached hydrogen (secondary N) is 2. The van der Waals surface area contributed by atoms with Gasteiger partial charge in [0, 0.05) is 22.7 Å². The molecule has 2 N–H and O–H groups in total. The lowest BCUT2D eigenvalue weighted by molar-refractivity contribution is 0.783. The van der Waals surface area contributed by atoms with Crippen molar-refractivity contribution in [1.29, 1.82) is 0 Å². The number of fused-ring (bicyclic) bond motifs is 1. The van der Waals surface area contributed by atoms with Crippen LogP contribution in [0.5, 0.6) is 0 Å². The van der Waals surface area contributed by atoms with Crippen LogP contribution < -0.4 is 15.9 Å². The highest BCUT2D eigenvalue weighted by molar-refractivity contribution is 5.53. The minimum Gasteiger partial charge on any atom is -0.371 e. The Morgan fingerprint density at radius 1 is 1.33 bits per heavy atom. The van der Waals surface area contributed by atoms with E-state index < -0.39 is 0 Å². The zero-order chi connectivity index (χ0) is 10.7. The van der Waals surface area contributed by atoms with Gasteiger partial charge in [-0.25, -0.2) is 0 Å². The molecule has 0 atom stereocenters. The summed E-state index contributed by atoms with van der Waals surface area (Å²) >= 11 is 0. The van der Waals surface area contributed by atoms with Crippen molar-refractivity contribution >= 4 is 18.0 Å². The molecule has 80 valence electrons. The molecule has 0 aromatic carbocycles. The van der Waals surface area contributed by atoms with Crippen molar-refractivity contribution in [2.45, 2.75) is 26.2 Å². The molecule has 0 unspecified atom stereocenters. The van der Waals surface area contributed by atoms with Gasteiger partial charge in [0.2, 0.25) is 0 Å². The second-order valence-corrected chi connectivity index (χ2v) is 3.88. The minimum atomic E-state index is 1.07. The maximum atomic E-state index is 3.78. The van der Waals surface area contributed by atoms with Crippen LogP contribution in [0.3, 0.4) is 0 Å². The summed E-state index contributed by atoms with van der Waals surface area (Å²) in [5, 5.41) is 5.95. The molecule has 0 fully saturated rings. The standard InChI is InChI=1S/C13H18N2/c1-3-7-10-11-8-5-6-9-14-13(11)15-12(10)4-2/h3-4,7,14-15H,1,5-6,8-9H2,2H3/b10-7-,12-4+. The van der Waals surface area contributed by atoms with Crippen molar-refractivity contribution in [3.63, 3.8) is 0 Å². The van der Waals surface area contributed by atoms with Crippen LogP contribution in [0.4, 0.5) is 5.82 Å². The van der Waals surface area contributed by atoms with E-state index in [0.717, 1.165) is 13.0 Å². The third-order valence-electron chi connectivity index (χ3n) is 2.91. The van der Waals surface area contributed by atoms with Crippen molar-refractivity contribution in [3.8, 4) is 0 Å². The van der Waals surface area contributed by atoms with E-state index in [1.54, 1.807) is 0 Å². The molecule has 2 rings (SSSR count). The highest BCUT2D eigenvalue weighted by atomic mass is 15.0. The van der Waals surface area contributed by atoms with Crippen LogP contribution in [0.1, 0.15) is 25.3 Å². The van der Waals surface area contributed by atoms with Crippen LogP contribution in [-0.2, 0) is 6.42 Å². The lowest BCUT2D eigenvalue weighted by Crippen LogP contribution is -2.24. The number of rotatable bonds is 1. The smallest absolute Gasteiger partial charge is 0.107 e. The summed E-state index contributed by atoms with van der Waals surface area (Å²) in [5.41, 5.74) is 1.42. The quantitative estimate of drug-likeness (QED) is 0.710. The first-order valence-corrected chi connectivity index (χ1v) is 5.60. The normalized spacial score (nSPS) is 18.2. The number of aromatic nitrogens is 1. The van der Waals surface area contributed by atoms with E-state index in [2.05, 4.69) is 36.0 Å². The van der Waals surface area contributed by atoms with E-state index in [-0.39, 0.29) is 0 Å². The van der Waals surface area contributed by atoms with Crippen molar-refractivity contribution in [3.05, 3.63) is 28.8 Å². The number of anilines is 1. The number of aromatic amines is 1. The van der Waals surface area contributed by atoms with Gasteiger partial charge in [0.05, 0.1) is 0 Å². The molecule has 0 aliphatic carbocycles. The Morgan fingerprint density at radius 3 is 2.93 bits per heavy atom. The van der Waals surface area contributed by atoms with Gasteiger partial charge in [-0.05, 0) is 26.2 Å². The monoisotopic (exact) mass is 202 g/mol. The third kappa shape index (κ3) is 1.84. The van der Waals surface area contributed by atoms with Gasteiger partial charge in [0.1, 0.15) is 5.82 Å². The summed E-state index contributed by atoms with van der Waals surface area (Å²) < 4.78 is 0. The Bertz CT molecular complexity index is 465. The fourth-order valence-corrected chi connectivity index (χ4v) is 2.16. The Hall–Kier alpha value is -1.44. The number of allylic oxidation sites excluding steroid dienone is 1. The summed E-state index contributed by atoms with van der Waals surface area (Å²) in [6.45, 7) is 6.91. The van der Waals surface area contributed by atoms with Crippen LogP contribution >= 0.6 is 0 Å². The molecule has 1 aromatic heterocycles. The average Bonchev–Trinajstić information content (AvgIpc) is 2.45. The zero-order valence-electron chi connectivity index (χ0n) is 9.27. The summed E-state index contributed by atoms with van der Waals surface area (Å²) in [6, 6.07) is 0. The molecular formula is C13H18N2. The Morgan fingerprint density at radius 2 is 2.20 bits per heavy atom. The molecule has 0 saturated carbocycles. The Balaban J connectivity index is 2.65. The maximum Gasteiger partial charge on any atom is 0.107 e. The predicted octanol–water partition coefficient (Wildman–Crippen LogP) is 1.53. The first kappa shape index (κ1) is 10.1. The van der Waals surface area contributed by atoms with Crippen molar-refractivity contribution in [2.24, 2.45) is 0 Å². The summed E-state index contributed by atoms with van der Waals surface area (Å²) in [4.78, 5) is 3.43. The highest BCUT2D eigenvalue weighted by Crippen LogP contribution is 2.13. The molecule has 0 bridgehead atoms. The summed E-state index contributed by atoms with van der Waals surface area (Å²) in [7, 11) is 0. The van der Waals surface area contributed by atoms with Crippen LogP contribution in [-0.4, -0.2) is 11.5 Å². The average molecular weight is 202 g/mol. The molecule has 1 aromatic rings. The fourth-order valence-electron chi connectivity index (χ4n) is 2.16. The lowest BCUT2D eigenvalue weighted by atomic mass is 10.1. The van der Waals surface area contributed by atoms with Crippen molar-refractivity contribution < 1.29 is 0 Å². The topological polar surface area (TPSA) is 27.8 Å². The van der Waals surface area contributed by atoms with Crippen molar-refractivity contribution in [2.75, 3.05) is 11.9 Å². The predicted molar refractivity (Wildman–Crippen MR) is 66.3 cm³/mol. The summed E-state index contributed by atoms with van der Waals surface area (Å²) in [6.07, 6.45) is 9.75. The fraction of sp³-hybridized carbons (Fsp3) is 0.385. The van der Waals surface area contributed by atoms with E-state index in [4.69, 9.17) is 0 Å². The second-order valence-electron chi connectivity index (χ2n) is 3.88. The minimum absolute atomic E-state index is 1.07. The van der Waals surface area contributed by atoms with E-state index in [1.165, 1.54) is 34.8 Å². The zero-order valence-corrected chi connectivity index (χ0v) is 9.27. The molecule has 1 aliphatic rings. The number of hydrogen-bond donors (Lipinski definition) is 2. The lowest BCUT2D eigenvalue weighted by Gasteiger charge is -1.99. The first-order valence-electron chi connectivity index (χ1n) is 5.60. The molecule has 2 heteroatoms. The van der Waals surface area contributed by atoms with E-state index in [0.29, 0.717) is 0 Å². The van der Waals surface area contributed by atoms with Gasteiger partial charge >= 0.3 is 0 Å². The van der Waals surface area contributed by atoms with E-state index >= 15 is 0 Å². The molecule has 2 heterocycles. The molecule has 0 spiro atoms. The van der Waals surface area contributed by atoms with Crippen LogP contribution in [0, 0.1) is 0 Å². The molecule has 0 saturated heterocycles. The molecule has 1 aliphatic heterocycles. The SMILES string of the molecule is C=C/C=c1/c2c([nH]/c1=C/C)NCCCC2. The van der Waals surface area contributed by atoms with Crippen LogP contribution in [0.2, 0.25) is 0 Å². The van der Waals surface area contributed by atoms with Gasteiger partial charge in [-0.1, -0.05) is 24.8 Å². The molecule has 0 radical (unpaired) electrons. The Kier molecular flexibility index (Phi) is 2.95. The van der Waals surface area contributed by atoms with E-state index in [9.17, 15) is 0 Å². The molecular weight excluding hydrogens is 184 g/mol. The van der Waals surface area contributed by atoms with Crippen LogP contribution in [0.15, 0.2) is 12.7 Å². The molecule has 15 heavy (non-hydrogen) atoms. The van der Waals surface area contributed by atoms with Gasteiger partial charge < -0.3 is 10.3 Å². The van der Waals surface area contributed by atoms with Crippen LogP contribution in [0.25, 0.3) is 12.2 Å². The highest BCUT2D eigenvalue weighted by Gasteiger charge is 2.10. The maximum absolute atomic E-state index is 3.78.